The Kier molecular flexibility index (Phi) is 4.94. The summed E-state index contributed by atoms with van der Waals surface area (Å²) in [5.41, 5.74) is 0. The van der Waals surface area contributed by atoms with Crippen molar-refractivity contribution in [2.75, 3.05) is 6.61 Å². The lowest BCUT2D eigenvalue weighted by Gasteiger charge is -2.12. The molecule has 1 heterocycles. The van der Waals surface area contributed by atoms with Gasteiger partial charge in [0.1, 0.15) is 0 Å². The molecule has 2 nitrogen and oxygen atoms in total. The van der Waals surface area contributed by atoms with Gasteiger partial charge in [-0.05, 0) is 34.5 Å². The van der Waals surface area contributed by atoms with E-state index in [1.807, 2.05) is 6.07 Å². The number of hydrogen-bond donors (Lipinski definition) is 2. The van der Waals surface area contributed by atoms with E-state index in [4.69, 9.17) is 5.11 Å². The summed E-state index contributed by atoms with van der Waals surface area (Å²) in [6.45, 7) is 3.12. The van der Waals surface area contributed by atoms with Crippen LogP contribution < -0.4 is 5.32 Å². The van der Waals surface area contributed by atoms with E-state index in [1.54, 1.807) is 11.3 Å². The molecule has 74 valence electrons. The molecule has 1 rings (SSSR count). The summed E-state index contributed by atoms with van der Waals surface area (Å²) in [6.07, 6.45) is 0.961. The average molecular weight is 264 g/mol. The van der Waals surface area contributed by atoms with Crippen LogP contribution >= 0.6 is 27.3 Å². The van der Waals surface area contributed by atoms with Gasteiger partial charge in [-0.25, -0.2) is 0 Å². The van der Waals surface area contributed by atoms with Crippen LogP contribution in [0.15, 0.2) is 15.9 Å². The molecule has 0 spiro atoms. The predicted octanol–water partition coefficient (Wildman–Crippen LogP) is 2.37. The zero-order valence-corrected chi connectivity index (χ0v) is 9.99. The standard InChI is InChI=1S/C9H14BrNOS/c1-2-7(6-12)11-5-8-3-4-9(10)13-8/h3-4,7,11-12H,2,5-6H2,1H3. The maximum atomic E-state index is 8.94. The molecule has 1 atom stereocenters. The van der Waals surface area contributed by atoms with Crippen molar-refractivity contribution in [3.05, 3.63) is 20.8 Å². The molecule has 0 saturated carbocycles. The summed E-state index contributed by atoms with van der Waals surface area (Å²) < 4.78 is 1.15. The van der Waals surface area contributed by atoms with Crippen molar-refractivity contribution in [1.82, 2.24) is 5.32 Å². The number of thiophene rings is 1. The monoisotopic (exact) mass is 263 g/mol. The van der Waals surface area contributed by atoms with Crippen LogP contribution in [-0.2, 0) is 6.54 Å². The van der Waals surface area contributed by atoms with Gasteiger partial charge in [0.25, 0.3) is 0 Å². The first-order valence-corrected chi connectivity index (χ1v) is 5.95. The molecule has 0 aliphatic carbocycles. The van der Waals surface area contributed by atoms with E-state index in [-0.39, 0.29) is 12.6 Å². The average Bonchev–Trinajstić information content (AvgIpc) is 2.53. The number of halogens is 1. The molecule has 1 aromatic heterocycles. The van der Waals surface area contributed by atoms with Crippen molar-refractivity contribution < 1.29 is 5.11 Å². The van der Waals surface area contributed by atoms with E-state index < -0.39 is 0 Å². The third-order valence-corrected chi connectivity index (χ3v) is 3.53. The van der Waals surface area contributed by atoms with Crippen LogP contribution in [-0.4, -0.2) is 17.8 Å². The molecule has 2 N–H and O–H groups in total. The predicted molar refractivity (Wildman–Crippen MR) is 60.0 cm³/mol. The topological polar surface area (TPSA) is 32.3 Å². The molecule has 0 amide bonds. The minimum atomic E-state index is 0.211. The summed E-state index contributed by atoms with van der Waals surface area (Å²) in [5, 5.41) is 12.2. The molecule has 0 saturated heterocycles. The highest BCUT2D eigenvalue weighted by molar-refractivity contribution is 9.11. The fourth-order valence-corrected chi connectivity index (χ4v) is 2.46. The third-order valence-electron chi connectivity index (χ3n) is 1.91. The second kappa shape index (κ2) is 5.75. The molecular weight excluding hydrogens is 250 g/mol. The zero-order valence-electron chi connectivity index (χ0n) is 7.59. The molecule has 13 heavy (non-hydrogen) atoms. The first kappa shape index (κ1) is 11.2. The second-order valence-electron chi connectivity index (χ2n) is 2.87. The smallest absolute Gasteiger partial charge is 0.0701 e. The Balaban J connectivity index is 2.33. The van der Waals surface area contributed by atoms with Gasteiger partial charge < -0.3 is 10.4 Å². The Labute approximate surface area is 91.1 Å². The highest BCUT2D eigenvalue weighted by Crippen LogP contribution is 2.21. The number of nitrogens with one attached hydrogen (secondary N) is 1. The van der Waals surface area contributed by atoms with Crippen LogP contribution in [0.1, 0.15) is 18.2 Å². The van der Waals surface area contributed by atoms with E-state index in [9.17, 15) is 0 Å². The van der Waals surface area contributed by atoms with Gasteiger partial charge >= 0.3 is 0 Å². The molecule has 0 bridgehead atoms. The second-order valence-corrected chi connectivity index (χ2v) is 5.42. The zero-order chi connectivity index (χ0) is 9.68. The van der Waals surface area contributed by atoms with Gasteiger partial charge in [-0.1, -0.05) is 6.92 Å². The van der Waals surface area contributed by atoms with Gasteiger partial charge in [0.15, 0.2) is 0 Å². The van der Waals surface area contributed by atoms with Crippen molar-refractivity contribution in [1.29, 1.82) is 0 Å². The quantitative estimate of drug-likeness (QED) is 0.855. The molecule has 0 aliphatic heterocycles. The fraction of sp³-hybridized carbons (Fsp3) is 0.556. The van der Waals surface area contributed by atoms with Crippen LogP contribution in [0, 0.1) is 0 Å². The maximum Gasteiger partial charge on any atom is 0.0701 e. The maximum absolute atomic E-state index is 8.94. The Hall–Kier alpha value is 0.1000. The van der Waals surface area contributed by atoms with Crippen molar-refractivity contribution >= 4 is 27.3 Å². The highest BCUT2D eigenvalue weighted by Gasteiger charge is 2.04. The SMILES string of the molecule is CCC(CO)NCc1ccc(Br)s1. The summed E-state index contributed by atoms with van der Waals surface area (Å²) in [7, 11) is 0. The van der Waals surface area contributed by atoms with Gasteiger partial charge in [-0.3, -0.25) is 0 Å². The van der Waals surface area contributed by atoms with Crippen molar-refractivity contribution in [3.8, 4) is 0 Å². The minimum Gasteiger partial charge on any atom is -0.395 e. The first-order chi connectivity index (χ1) is 6.26. The van der Waals surface area contributed by atoms with Crippen LogP contribution in [0.2, 0.25) is 0 Å². The highest BCUT2D eigenvalue weighted by atomic mass is 79.9. The Morgan fingerprint density at radius 1 is 1.62 bits per heavy atom. The van der Waals surface area contributed by atoms with Crippen molar-refractivity contribution in [2.45, 2.75) is 25.9 Å². The summed E-state index contributed by atoms with van der Waals surface area (Å²) in [4.78, 5) is 1.29. The van der Waals surface area contributed by atoms with Gasteiger partial charge in [0.2, 0.25) is 0 Å². The lowest BCUT2D eigenvalue weighted by molar-refractivity contribution is 0.238. The number of aliphatic hydroxyl groups excluding tert-OH is 1. The molecule has 0 fully saturated rings. The lowest BCUT2D eigenvalue weighted by atomic mass is 10.2. The normalized spacial score (nSPS) is 13.2. The molecule has 0 aromatic carbocycles. The van der Waals surface area contributed by atoms with Crippen LogP contribution in [0.3, 0.4) is 0 Å². The van der Waals surface area contributed by atoms with Crippen molar-refractivity contribution in [2.24, 2.45) is 0 Å². The van der Waals surface area contributed by atoms with E-state index in [0.717, 1.165) is 16.8 Å². The van der Waals surface area contributed by atoms with Gasteiger partial charge in [0, 0.05) is 17.5 Å². The summed E-state index contributed by atoms with van der Waals surface area (Å²) >= 11 is 5.14. The molecule has 1 unspecified atom stereocenters. The summed E-state index contributed by atoms with van der Waals surface area (Å²) in [5.74, 6) is 0. The van der Waals surface area contributed by atoms with E-state index >= 15 is 0 Å². The Bertz CT molecular complexity index is 248. The Morgan fingerprint density at radius 3 is 2.85 bits per heavy atom. The van der Waals surface area contributed by atoms with E-state index in [2.05, 4.69) is 34.2 Å². The lowest BCUT2D eigenvalue weighted by Crippen LogP contribution is -2.30. The summed E-state index contributed by atoms with van der Waals surface area (Å²) in [6, 6.07) is 4.36. The largest absolute Gasteiger partial charge is 0.395 e. The third kappa shape index (κ3) is 3.77. The molecule has 4 heteroatoms. The fourth-order valence-electron chi connectivity index (χ4n) is 1.03. The molecule has 0 radical (unpaired) electrons. The molecule has 1 aromatic rings. The minimum absolute atomic E-state index is 0.211. The van der Waals surface area contributed by atoms with Crippen molar-refractivity contribution in [3.63, 3.8) is 0 Å². The first-order valence-electron chi connectivity index (χ1n) is 4.34. The van der Waals surface area contributed by atoms with Gasteiger partial charge in [-0.15, -0.1) is 11.3 Å². The number of hydrogen-bond acceptors (Lipinski definition) is 3. The van der Waals surface area contributed by atoms with E-state index in [0.29, 0.717) is 0 Å². The number of aliphatic hydroxyl groups is 1. The van der Waals surface area contributed by atoms with Gasteiger partial charge in [-0.2, -0.15) is 0 Å². The Morgan fingerprint density at radius 2 is 2.38 bits per heavy atom. The number of rotatable bonds is 5. The van der Waals surface area contributed by atoms with Gasteiger partial charge in [0.05, 0.1) is 10.4 Å². The van der Waals surface area contributed by atoms with Crippen LogP contribution in [0.25, 0.3) is 0 Å². The molecular formula is C9H14BrNOS. The van der Waals surface area contributed by atoms with E-state index in [1.165, 1.54) is 4.88 Å². The van der Waals surface area contributed by atoms with Crippen LogP contribution in [0.5, 0.6) is 0 Å². The van der Waals surface area contributed by atoms with Crippen LogP contribution in [0.4, 0.5) is 0 Å². The molecule has 0 aliphatic rings.